The van der Waals surface area contributed by atoms with Crippen LogP contribution in [0, 0.1) is 0 Å². The lowest BCUT2D eigenvalue weighted by Crippen LogP contribution is -2.17. The zero-order valence-electron chi connectivity index (χ0n) is 11.5. The minimum absolute atomic E-state index is 0.127. The van der Waals surface area contributed by atoms with E-state index in [4.69, 9.17) is 11.6 Å². The van der Waals surface area contributed by atoms with Crippen molar-refractivity contribution in [2.24, 2.45) is 0 Å². The Balaban J connectivity index is 2.30. The maximum Gasteiger partial charge on any atom is 0.257 e. The van der Waals surface area contributed by atoms with E-state index in [-0.39, 0.29) is 22.7 Å². The van der Waals surface area contributed by atoms with Crippen LogP contribution >= 0.6 is 11.6 Å². The fraction of sp³-hybridized carbons (Fsp3) is 0.0714. The van der Waals surface area contributed by atoms with Gasteiger partial charge in [0.25, 0.3) is 5.91 Å². The molecule has 0 aliphatic carbocycles. The molecule has 0 aliphatic heterocycles. The lowest BCUT2D eigenvalue weighted by molar-refractivity contribution is 0.102. The number of halogens is 1. The van der Waals surface area contributed by atoms with E-state index in [1.807, 2.05) is 0 Å². The van der Waals surface area contributed by atoms with Gasteiger partial charge in [0.2, 0.25) is 10.0 Å². The Morgan fingerprint density at radius 3 is 2.45 bits per heavy atom. The number of phenols is 1. The maximum atomic E-state index is 12.3. The Bertz CT molecular complexity index is 821. The third-order valence-electron chi connectivity index (χ3n) is 2.68. The average Bonchev–Trinajstić information content (AvgIpc) is 2.40. The predicted octanol–water partition coefficient (Wildman–Crippen LogP) is 2.67. The van der Waals surface area contributed by atoms with Crippen LogP contribution in [0.4, 0.5) is 11.4 Å². The van der Waals surface area contributed by atoms with Crippen LogP contribution in [0.5, 0.6) is 5.75 Å². The van der Waals surface area contributed by atoms with Crippen molar-refractivity contribution in [3.63, 3.8) is 0 Å². The lowest BCUT2D eigenvalue weighted by atomic mass is 10.1. The van der Waals surface area contributed by atoms with Gasteiger partial charge in [0.05, 0.1) is 23.2 Å². The van der Waals surface area contributed by atoms with E-state index < -0.39 is 15.9 Å². The summed E-state index contributed by atoms with van der Waals surface area (Å²) in [5, 5.41) is 12.6. The Morgan fingerprint density at radius 2 is 1.82 bits per heavy atom. The quantitative estimate of drug-likeness (QED) is 0.745. The fourth-order valence-electron chi connectivity index (χ4n) is 1.77. The second-order valence-corrected chi connectivity index (χ2v) is 6.72. The predicted molar refractivity (Wildman–Crippen MR) is 86.0 cm³/mol. The third kappa shape index (κ3) is 4.12. The van der Waals surface area contributed by atoms with Gasteiger partial charge in [0.15, 0.2) is 0 Å². The van der Waals surface area contributed by atoms with Crippen LogP contribution in [0.2, 0.25) is 5.02 Å². The highest BCUT2D eigenvalue weighted by Crippen LogP contribution is 2.27. The van der Waals surface area contributed by atoms with Crippen LogP contribution < -0.4 is 10.0 Å². The topological polar surface area (TPSA) is 95.5 Å². The summed E-state index contributed by atoms with van der Waals surface area (Å²) in [6, 6.07) is 10.4. The van der Waals surface area contributed by atoms with Crippen molar-refractivity contribution < 1.29 is 18.3 Å². The van der Waals surface area contributed by atoms with Crippen molar-refractivity contribution in [1.82, 2.24) is 0 Å². The van der Waals surface area contributed by atoms with Gasteiger partial charge in [-0.25, -0.2) is 8.42 Å². The molecule has 0 radical (unpaired) electrons. The van der Waals surface area contributed by atoms with Crippen molar-refractivity contribution in [3.05, 3.63) is 53.1 Å². The van der Waals surface area contributed by atoms with Crippen LogP contribution in [0.25, 0.3) is 0 Å². The molecule has 0 aliphatic rings. The van der Waals surface area contributed by atoms with Gasteiger partial charge in [0.1, 0.15) is 5.75 Å². The van der Waals surface area contributed by atoms with Gasteiger partial charge >= 0.3 is 0 Å². The number of para-hydroxylation sites is 1. The number of hydrogen-bond acceptors (Lipinski definition) is 4. The SMILES string of the molecule is CS(=O)(=O)Nc1ccccc1C(=O)Nc1ccc(Cl)cc1O. The Morgan fingerprint density at radius 1 is 1.14 bits per heavy atom. The van der Waals surface area contributed by atoms with Gasteiger partial charge in [-0.15, -0.1) is 0 Å². The molecule has 0 spiro atoms. The molecule has 0 atom stereocenters. The van der Waals surface area contributed by atoms with Crippen molar-refractivity contribution in [2.45, 2.75) is 0 Å². The summed E-state index contributed by atoms with van der Waals surface area (Å²) in [6.45, 7) is 0. The molecule has 2 aromatic carbocycles. The first-order chi connectivity index (χ1) is 10.3. The van der Waals surface area contributed by atoms with Crippen molar-refractivity contribution in [2.75, 3.05) is 16.3 Å². The molecule has 0 bridgehead atoms. The van der Waals surface area contributed by atoms with Crippen LogP contribution in [0.3, 0.4) is 0 Å². The standard InChI is InChI=1S/C14H13ClN2O4S/c1-22(20,21)17-11-5-3-2-4-10(11)14(19)16-12-7-6-9(15)8-13(12)18/h2-8,17-18H,1H3,(H,16,19). The molecular formula is C14H13ClN2O4S. The van der Waals surface area contributed by atoms with Crippen molar-refractivity contribution in [3.8, 4) is 5.75 Å². The van der Waals surface area contributed by atoms with E-state index >= 15 is 0 Å². The fourth-order valence-corrected chi connectivity index (χ4v) is 2.51. The van der Waals surface area contributed by atoms with Crippen LogP contribution in [0.1, 0.15) is 10.4 Å². The molecule has 0 fully saturated rings. The number of rotatable bonds is 4. The number of phenolic OH excluding ortho intramolecular Hbond substituents is 1. The molecule has 3 N–H and O–H groups in total. The largest absolute Gasteiger partial charge is 0.506 e. The molecule has 1 amide bonds. The summed E-state index contributed by atoms with van der Waals surface area (Å²) in [4.78, 5) is 12.3. The molecule has 116 valence electrons. The molecule has 2 aromatic rings. The van der Waals surface area contributed by atoms with E-state index in [0.29, 0.717) is 5.02 Å². The number of anilines is 2. The zero-order chi connectivity index (χ0) is 16.3. The van der Waals surface area contributed by atoms with Crippen molar-refractivity contribution >= 4 is 38.9 Å². The van der Waals surface area contributed by atoms with E-state index in [0.717, 1.165) is 6.26 Å². The van der Waals surface area contributed by atoms with Gasteiger partial charge in [-0.3, -0.25) is 9.52 Å². The van der Waals surface area contributed by atoms with E-state index in [1.54, 1.807) is 12.1 Å². The van der Waals surface area contributed by atoms with Gasteiger partial charge in [-0.05, 0) is 24.3 Å². The molecule has 6 nitrogen and oxygen atoms in total. The first-order valence-corrected chi connectivity index (χ1v) is 8.40. The number of carbonyl (C=O) groups excluding carboxylic acids is 1. The third-order valence-corrected chi connectivity index (χ3v) is 3.50. The Labute approximate surface area is 132 Å². The minimum Gasteiger partial charge on any atom is -0.506 e. The molecule has 8 heteroatoms. The average molecular weight is 341 g/mol. The number of carbonyl (C=O) groups is 1. The molecule has 22 heavy (non-hydrogen) atoms. The van der Waals surface area contributed by atoms with Crippen molar-refractivity contribution in [1.29, 1.82) is 0 Å². The van der Waals surface area contributed by atoms with Gasteiger partial charge < -0.3 is 10.4 Å². The highest BCUT2D eigenvalue weighted by Gasteiger charge is 2.15. The molecule has 0 saturated carbocycles. The summed E-state index contributed by atoms with van der Waals surface area (Å²) in [7, 11) is -3.52. The van der Waals surface area contributed by atoms with Gasteiger partial charge in [-0.2, -0.15) is 0 Å². The molecule has 0 heterocycles. The first kappa shape index (κ1) is 16.1. The van der Waals surface area contributed by atoms with Crippen LogP contribution in [0.15, 0.2) is 42.5 Å². The Kier molecular flexibility index (Phi) is 4.58. The monoisotopic (exact) mass is 340 g/mol. The molecule has 0 saturated heterocycles. The number of amides is 1. The molecular weight excluding hydrogens is 328 g/mol. The molecule has 2 rings (SSSR count). The highest BCUT2D eigenvalue weighted by molar-refractivity contribution is 7.92. The smallest absolute Gasteiger partial charge is 0.257 e. The van der Waals surface area contributed by atoms with E-state index in [9.17, 15) is 18.3 Å². The number of hydrogen-bond donors (Lipinski definition) is 3. The highest BCUT2D eigenvalue weighted by atomic mass is 35.5. The van der Waals surface area contributed by atoms with Gasteiger partial charge in [0, 0.05) is 11.1 Å². The number of aromatic hydroxyl groups is 1. The summed E-state index contributed by atoms with van der Waals surface area (Å²) < 4.78 is 24.9. The van der Waals surface area contributed by atoms with Crippen LogP contribution in [-0.2, 0) is 10.0 Å². The lowest BCUT2D eigenvalue weighted by Gasteiger charge is -2.12. The normalized spacial score (nSPS) is 11.0. The summed E-state index contributed by atoms with van der Waals surface area (Å²) in [5.74, 6) is -0.751. The second kappa shape index (κ2) is 6.25. The minimum atomic E-state index is -3.52. The molecule has 0 aromatic heterocycles. The molecule has 0 unspecified atom stereocenters. The first-order valence-electron chi connectivity index (χ1n) is 6.13. The zero-order valence-corrected chi connectivity index (χ0v) is 13.1. The Hall–Kier alpha value is -2.25. The second-order valence-electron chi connectivity index (χ2n) is 4.54. The summed E-state index contributed by atoms with van der Waals surface area (Å²) in [5.41, 5.74) is 0.446. The number of sulfonamides is 1. The number of nitrogens with one attached hydrogen (secondary N) is 2. The van der Waals surface area contributed by atoms with E-state index in [1.165, 1.54) is 30.3 Å². The van der Waals surface area contributed by atoms with Gasteiger partial charge in [-0.1, -0.05) is 23.7 Å². The summed E-state index contributed by atoms with van der Waals surface area (Å²) >= 11 is 5.72. The maximum absolute atomic E-state index is 12.3. The van der Waals surface area contributed by atoms with E-state index in [2.05, 4.69) is 10.0 Å². The summed E-state index contributed by atoms with van der Waals surface area (Å²) in [6.07, 6.45) is 0.993. The van der Waals surface area contributed by atoms with Crippen LogP contribution in [-0.4, -0.2) is 25.7 Å². The number of benzene rings is 2.